The lowest BCUT2D eigenvalue weighted by Crippen LogP contribution is -2.32. The van der Waals surface area contributed by atoms with Crippen LogP contribution in [0.4, 0.5) is 4.39 Å². The Morgan fingerprint density at radius 1 is 1.16 bits per heavy atom. The summed E-state index contributed by atoms with van der Waals surface area (Å²) in [6.07, 6.45) is 2.19. The highest BCUT2D eigenvalue weighted by atomic mass is 32.1. The first kappa shape index (κ1) is 16.7. The normalized spacial score (nSPS) is 23.4. The second-order valence-electron chi connectivity index (χ2n) is 7.18. The number of carbonyl (C=O) groups excluding carboxylic acids is 1. The summed E-state index contributed by atoms with van der Waals surface area (Å²) in [5, 5.41) is 3.47. The van der Waals surface area contributed by atoms with Gasteiger partial charge in [0.05, 0.1) is 4.88 Å². The quantitative estimate of drug-likeness (QED) is 0.882. The molecule has 1 aromatic carbocycles. The third-order valence-corrected chi connectivity index (χ3v) is 6.82. The van der Waals surface area contributed by atoms with Crippen LogP contribution in [0, 0.1) is 24.6 Å². The summed E-state index contributed by atoms with van der Waals surface area (Å²) in [4.78, 5) is 16.9. The van der Waals surface area contributed by atoms with Crippen LogP contribution in [-0.4, -0.2) is 37.0 Å². The number of fused-ring (bicyclic) bond motifs is 1. The largest absolute Gasteiger partial charge is 0.338 e. The minimum atomic E-state index is -0.237. The standard InChI is InChI=1S/C20H23FN2OS/c1-13-10-18(25-19(13)14-2-4-17(21)5-3-14)20(24)23-8-6-15-11-22-12-16(15)7-9-23/h2-5,10,15-16,22H,6-9,11-12H2,1H3/t15-,16+. The average Bonchev–Trinajstić information content (AvgIpc) is 3.17. The highest BCUT2D eigenvalue weighted by Gasteiger charge is 2.32. The van der Waals surface area contributed by atoms with E-state index in [2.05, 4.69) is 5.32 Å². The molecule has 2 aromatic rings. The van der Waals surface area contributed by atoms with Gasteiger partial charge in [0.2, 0.25) is 0 Å². The number of likely N-dealkylation sites (tertiary alicyclic amines) is 1. The molecule has 0 radical (unpaired) electrons. The third-order valence-electron chi connectivity index (χ3n) is 5.54. The predicted octanol–water partition coefficient (Wildman–Crippen LogP) is 3.93. The first-order valence-electron chi connectivity index (χ1n) is 8.98. The summed E-state index contributed by atoms with van der Waals surface area (Å²) in [7, 11) is 0. The van der Waals surface area contributed by atoms with E-state index in [1.165, 1.54) is 23.5 Å². The van der Waals surface area contributed by atoms with Gasteiger partial charge in [0, 0.05) is 18.0 Å². The van der Waals surface area contributed by atoms with Gasteiger partial charge in [-0.15, -0.1) is 11.3 Å². The van der Waals surface area contributed by atoms with Crippen LogP contribution in [-0.2, 0) is 0 Å². The van der Waals surface area contributed by atoms with Crippen molar-refractivity contribution in [3.63, 3.8) is 0 Å². The smallest absolute Gasteiger partial charge is 0.263 e. The van der Waals surface area contributed by atoms with Gasteiger partial charge in [-0.1, -0.05) is 12.1 Å². The molecule has 1 N–H and O–H groups in total. The minimum Gasteiger partial charge on any atom is -0.338 e. The summed E-state index contributed by atoms with van der Waals surface area (Å²) >= 11 is 1.52. The molecule has 2 aliphatic rings. The van der Waals surface area contributed by atoms with Gasteiger partial charge in [-0.05, 0) is 74.0 Å². The van der Waals surface area contributed by atoms with Crippen LogP contribution in [0.25, 0.3) is 10.4 Å². The highest BCUT2D eigenvalue weighted by molar-refractivity contribution is 7.17. The van der Waals surface area contributed by atoms with Crippen LogP contribution in [0.15, 0.2) is 30.3 Å². The van der Waals surface area contributed by atoms with Gasteiger partial charge in [-0.2, -0.15) is 0 Å². The molecule has 0 aliphatic carbocycles. The number of benzene rings is 1. The predicted molar refractivity (Wildman–Crippen MR) is 99.4 cm³/mol. The summed E-state index contributed by atoms with van der Waals surface area (Å²) in [5.41, 5.74) is 2.05. The number of nitrogens with one attached hydrogen (secondary N) is 1. The van der Waals surface area contributed by atoms with Gasteiger partial charge >= 0.3 is 0 Å². The molecule has 4 rings (SSSR count). The molecule has 2 atom stereocenters. The van der Waals surface area contributed by atoms with E-state index < -0.39 is 0 Å². The molecular formula is C20H23FN2OS. The molecule has 132 valence electrons. The molecule has 2 fully saturated rings. The van der Waals surface area contributed by atoms with Crippen molar-refractivity contribution in [3.8, 4) is 10.4 Å². The van der Waals surface area contributed by atoms with E-state index in [1.54, 1.807) is 12.1 Å². The van der Waals surface area contributed by atoms with E-state index in [0.717, 1.165) is 71.7 Å². The maximum atomic E-state index is 13.2. The fraction of sp³-hybridized carbons (Fsp3) is 0.450. The number of aryl methyl sites for hydroxylation is 1. The van der Waals surface area contributed by atoms with Gasteiger partial charge in [0.25, 0.3) is 5.91 Å². The molecule has 3 heterocycles. The number of hydrogen-bond acceptors (Lipinski definition) is 3. The number of nitrogens with zero attached hydrogens (tertiary/aromatic N) is 1. The van der Waals surface area contributed by atoms with Crippen LogP contribution in [0.5, 0.6) is 0 Å². The number of thiophene rings is 1. The topological polar surface area (TPSA) is 32.3 Å². The van der Waals surface area contributed by atoms with Crippen molar-refractivity contribution < 1.29 is 9.18 Å². The molecule has 1 amide bonds. The number of hydrogen-bond donors (Lipinski definition) is 1. The van der Waals surface area contributed by atoms with Crippen molar-refractivity contribution in [2.45, 2.75) is 19.8 Å². The average molecular weight is 358 g/mol. The van der Waals surface area contributed by atoms with Crippen LogP contribution < -0.4 is 5.32 Å². The van der Waals surface area contributed by atoms with Crippen molar-refractivity contribution in [2.75, 3.05) is 26.2 Å². The molecule has 0 unspecified atom stereocenters. The number of halogens is 1. The molecule has 2 aliphatic heterocycles. The Kier molecular flexibility index (Phi) is 4.61. The first-order chi connectivity index (χ1) is 12.1. The lowest BCUT2D eigenvalue weighted by atomic mass is 9.92. The Hall–Kier alpha value is -1.72. The van der Waals surface area contributed by atoms with E-state index >= 15 is 0 Å². The number of rotatable bonds is 2. The SMILES string of the molecule is Cc1cc(C(=O)N2CC[C@@H]3CNC[C@@H]3CC2)sc1-c1ccc(F)cc1. The van der Waals surface area contributed by atoms with E-state index in [9.17, 15) is 9.18 Å². The lowest BCUT2D eigenvalue weighted by Gasteiger charge is -2.20. The maximum Gasteiger partial charge on any atom is 0.263 e. The van der Waals surface area contributed by atoms with Gasteiger partial charge in [0.1, 0.15) is 5.82 Å². The Morgan fingerprint density at radius 2 is 1.80 bits per heavy atom. The molecule has 0 spiro atoms. The first-order valence-corrected chi connectivity index (χ1v) is 9.80. The summed E-state index contributed by atoms with van der Waals surface area (Å²) in [6, 6.07) is 8.49. The Balaban J connectivity index is 1.52. The Labute approximate surface area is 151 Å². The monoisotopic (exact) mass is 358 g/mol. The van der Waals surface area contributed by atoms with Crippen LogP contribution in [0.3, 0.4) is 0 Å². The van der Waals surface area contributed by atoms with Gasteiger partial charge in [0.15, 0.2) is 0 Å². The lowest BCUT2D eigenvalue weighted by molar-refractivity contribution is 0.0763. The molecule has 0 saturated carbocycles. The molecular weight excluding hydrogens is 335 g/mol. The van der Waals surface area contributed by atoms with Crippen molar-refractivity contribution in [3.05, 3.63) is 46.6 Å². The number of carbonyl (C=O) groups is 1. The Morgan fingerprint density at radius 3 is 2.44 bits per heavy atom. The van der Waals surface area contributed by atoms with Gasteiger partial charge in [-0.3, -0.25) is 4.79 Å². The molecule has 0 bridgehead atoms. The zero-order valence-corrected chi connectivity index (χ0v) is 15.2. The summed E-state index contributed by atoms with van der Waals surface area (Å²) < 4.78 is 13.2. The van der Waals surface area contributed by atoms with E-state index in [1.807, 2.05) is 17.9 Å². The molecule has 3 nitrogen and oxygen atoms in total. The van der Waals surface area contributed by atoms with Gasteiger partial charge < -0.3 is 10.2 Å². The summed E-state index contributed by atoms with van der Waals surface area (Å²) in [5.74, 6) is 1.35. The maximum absolute atomic E-state index is 13.2. The third kappa shape index (κ3) is 3.35. The number of amides is 1. The van der Waals surface area contributed by atoms with E-state index in [0.29, 0.717) is 0 Å². The second-order valence-corrected chi connectivity index (χ2v) is 8.23. The zero-order valence-electron chi connectivity index (χ0n) is 14.4. The molecule has 2 saturated heterocycles. The van der Waals surface area contributed by atoms with E-state index in [4.69, 9.17) is 0 Å². The highest BCUT2D eigenvalue weighted by Crippen LogP contribution is 2.34. The fourth-order valence-electron chi connectivity index (χ4n) is 4.05. The molecule has 5 heteroatoms. The van der Waals surface area contributed by atoms with Crippen molar-refractivity contribution in [1.29, 1.82) is 0 Å². The van der Waals surface area contributed by atoms with Gasteiger partial charge in [-0.25, -0.2) is 4.39 Å². The van der Waals surface area contributed by atoms with Crippen LogP contribution in [0.1, 0.15) is 28.1 Å². The fourth-order valence-corrected chi connectivity index (χ4v) is 5.20. The van der Waals surface area contributed by atoms with Crippen molar-refractivity contribution in [1.82, 2.24) is 10.2 Å². The summed E-state index contributed by atoms with van der Waals surface area (Å²) in [6.45, 7) is 5.92. The van der Waals surface area contributed by atoms with Crippen molar-refractivity contribution >= 4 is 17.2 Å². The second kappa shape index (κ2) is 6.89. The van der Waals surface area contributed by atoms with E-state index in [-0.39, 0.29) is 11.7 Å². The zero-order chi connectivity index (χ0) is 17.4. The molecule has 25 heavy (non-hydrogen) atoms. The minimum absolute atomic E-state index is 0.148. The molecule has 1 aromatic heterocycles. The van der Waals surface area contributed by atoms with Crippen LogP contribution in [0.2, 0.25) is 0 Å². The van der Waals surface area contributed by atoms with Crippen LogP contribution >= 0.6 is 11.3 Å². The Bertz CT molecular complexity index is 757. The van der Waals surface area contributed by atoms with Crippen molar-refractivity contribution in [2.24, 2.45) is 11.8 Å².